The van der Waals surface area contributed by atoms with E-state index in [0.717, 1.165) is 50.5 Å². The summed E-state index contributed by atoms with van der Waals surface area (Å²) < 4.78 is 0. The Bertz CT molecular complexity index is 458. The van der Waals surface area contributed by atoms with Gasteiger partial charge in [0, 0.05) is 43.4 Å². The molecule has 0 bridgehead atoms. The molecule has 22 heavy (non-hydrogen) atoms. The second-order valence-electron chi connectivity index (χ2n) is 6.64. The summed E-state index contributed by atoms with van der Waals surface area (Å²) in [5, 5.41) is 14.0. The van der Waals surface area contributed by atoms with Crippen molar-refractivity contribution in [2.45, 2.75) is 38.2 Å². The van der Waals surface area contributed by atoms with Gasteiger partial charge in [0.2, 0.25) is 0 Å². The molecule has 2 rings (SSSR count). The number of hydrogen-bond acceptors (Lipinski definition) is 4. The molecule has 0 radical (unpaired) electrons. The summed E-state index contributed by atoms with van der Waals surface area (Å²) in [4.78, 5) is 3.68. The van der Waals surface area contributed by atoms with Crippen molar-refractivity contribution in [1.82, 2.24) is 10.2 Å². The molecule has 1 aliphatic rings. The molecule has 124 valence electrons. The van der Waals surface area contributed by atoms with E-state index in [1.807, 2.05) is 11.8 Å². The van der Waals surface area contributed by atoms with Crippen LogP contribution in [0.15, 0.2) is 23.1 Å². The number of benzene rings is 1. The van der Waals surface area contributed by atoms with Gasteiger partial charge in [0.15, 0.2) is 0 Å². The normalized spacial score (nSPS) is 17.9. The zero-order chi connectivity index (χ0) is 15.9. The van der Waals surface area contributed by atoms with Crippen LogP contribution in [-0.2, 0) is 0 Å². The minimum Gasteiger partial charge on any atom is -0.388 e. The number of aryl methyl sites for hydroxylation is 1. The summed E-state index contributed by atoms with van der Waals surface area (Å²) in [6, 6.07) is 6.48. The Hall–Kier alpha value is -0.550. The van der Waals surface area contributed by atoms with Gasteiger partial charge in [-0.15, -0.1) is 11.8 Å². The fourth-order valence-corrected chi connectivity index (χ4v) is 3.75. The van der Waals surface area contributed by atoms with Gasteiger partial charge in [0.05, 0.1) is 6.10 Å². The first-order valence-corrected chi connectivity index (χ1v) is 9.39. The van der Waals surface area contributed by atoms with Crippen LogP contribution < -0.4 is 5.32 Å². The average Bonchev–Trinajstić information content (AvgIpc) is 2.52. The topological polar surface area (TPSA) is 35.5 Å². The molecule has 0 aromatic heterocycles. The van der Waals surface area contributed by atoms with Crippen LogP contribution in [0.25, 0.3) is 0 Å². The molecule has 0 amide bonds. The zero-order valence-electron chi connectivity index (χ0n) is 14.1. The number of aliphatic hydroxyl groups excluding tert-OH is 1. The number of piperazine rings is 1. The van der Waals surface area contributed by atoms with Gasteiger partial charge in [-0.1, -0.05) is 31.5 Å². The first-order chi connectivity index (χ1) is 10.6. The molecule has 0 aliphatic carbocycles. The van der Waals surface area contributed by atoms with Gasteiger partial charge in [0.1, 0.15) is 0 Å². The molecule has 4 heteroatoms. The molecule has 1 heterocycles. The van der Waals surface area contributed by atoms with Gasteiger partial charge in [-0.25, -0.2) is 0 Å². The summed E-state index contributed by atoms with van der Waals surface area (Å²) in [6.45, 7) is 11.9. The van der Waals surface area contributed by atoms with E-state index in [-0.39, 0.29) is 6.10 Å². The maximum atomic E-state index is 10.7. The monoisotopic (exact) mass is 322 g/mol. The highest BCUT2D eigenvalue weighted by Gasteiger charge is 2.16. The van der Waals surface area contributed by atoms with Gasteiger partial charge in [-0.05, 0) is 30.9 Å². The fourth-order valence-electron chi connectivity index (χ4n) is 2.71. The van der Waals surface area contributed by atoms with Crippen LogP contribution >= 0.6 is 11.8 Å². The van der Waals surface area contributed by atoms with Crippen LogP contribution in [0.3, 0.4) is 0 Å². The van der Waals surface area contributed by atoms with E-state index in [2.05, 4.69) is 49.2 Å². The van der Waals surface area contributed by atoms with Crippen LogP contribution in [0.5, 0.6) is 0 Å². The first-order valence-electron chi connectivity index (χ1n) is 8.40. The molecule has 1 unspecified atom stereocenters. The van der Waals surface area contributed by atoms with Gasteiger partial charge in [0.25, 0.3) is 0 Å². The highest BCUT2D eigenvalue weighted by Crippen LogP contribution is 2.31. The van der Waals surface area contributed by atoms with Crippen molar-refractivity contribution >= 4 is 11.8 Å². The minimum absolute atomic E-state index is 0.357. The van der Waals surface area contributed by atoms with Crippen molar-refractivity contribution in [3.8, 4) is 0 Å². The smallest absolute Gasteiger partial charge is 0.0813 e. The van der Waals surface area contributed by atoms with Gasteiger partial charge in [-0.2, -0.15) is 0 Å². The molecule has 0 spiro atoms. The number of nitrogens with zero attached hydrogens (tertiary/aromatic N) is 1. The Labute approximate surface area is 139 Å². The lowest BCUT2D eigenvalue weighted by atomic mass is 10.0. The molecule has 1 fully saturated rings. The second kappa shape index (κ2) is 8.92. The highest BCUT2D eigenvalue weighted by molar-refractivity contribution is 7.99. The minimum atomic E-state index is -0.357. The Kier molecular flexibility index (Phi) is 7.22. The standard InChI is InChI=1S/C18H30N2OS/c1-14(2)13-22-18-5-4-15(3)12-16(18)17(21)6-9-20-10-7-19-8-11-20/h4-5,12,14,17,19,21H,6-11,13H2,1-3H3. The zero-order valence-corrected chi connectivity index (χ0v) is 15.0. The Morgan fingerprint density at radius 3 is 2.68 bits per heavy atom. The Morgan fingerprint density at radius 2 is 2.00 bits per heavy atom. The van der Waals surface area contributed by atoms with E-state index in [0.29, 0.717) is 5.92 Å². The molecule has 3 nitrogen and oxygen atoms in total. The lowest BCUT2D eigenvalue weighted by Crippen LogP contribution is -2.44. The molecule has 1 aromatic rings. The van der Waals surface area contributed by atoms with Crippen molar-refractivity contribution in [3.05, 3.63) is 29.3 Å². The molecule has 1 saturated heterocycles. The predicted octanol–water partition coefficient (Wildman–Crippen LogP) is 3.07. The predicted molar refractivity (Wildman–Crippen MR) is 95.6 cm³/mol. The van der Waals surface area contributed by atoms with Crippen LogP contribution in [-0.4, -0.2) is 48.5 Å². The van der Waals surface area contributed by atoms with E-state index in [1.165, 1.54) is 10.5 Å². The number of hydrogen-bond donors (Lipinski definition) is 2. The van der Waals surface area contributed by atoms with E-state index in [1.54, 1.807) is 0 Å². The highest BCUT2D eigenvalue weighted by atomic mass is 32.2. The van der Waals surface area contributed by atoms with Crippen LogP contribution in [0.2, 0.25) is 0 Å². The van der Waals surface area contributed by atoms with Gasteiger partial charge in [-0.3, -0.25) is 0 Å². The van der Waals surface area contributed by atoms with E-state index in [9.17, 15) is 5.11 Å². The van der Waals surface area contributed by atoms with Crippen molar-refractivity contribution in [2.75, 3.05) is 38.5 Å². The second-order valence-corrected chi connectivity index (χ2v) is 7.70. The van der Waals surface area contributed by atoms with Crippen molar-refractivity contribution in [1.29, 1.82) is 0 Å². The van der Waals surface area contributed by atoms with Gasteiger partial charge < -0.3 is 15.3 Å². The van der Waals surface area contributed by atoms with Gasteiger partial charge >= 0.3 is 0 Å². The molecule has 2 N–H and O–H groups in total. The Balaban J connectivity index is 1.97. The molecule has 1 aliphatic heterocycles. The van der Waals surface area contributed by atoms with Crippen molar-refractivity contribution < 1.29 is 5.11 Å². The van der Waals surface area contributed by atoms with E-state index >= 15 is 0 Å². The van der Waals surface area contributed by atoms with Crippen LogP contribution in [0.1, 0.15) is 37.5 Å². The third kappa shape index (κ3) is 5.58. The Morgan fingerprint density at radius 1 is 1.27 bits per heavy atom. The van der Waals surface area contributed by atoms with Crippen LogP contribution in [0, 0.1) is 12.8 Å². The molecule has 1 atom stereocenters. The average molecular weight is 323 g/mol. The van der Waals surface area contributed by atoms with Crippen LogP contribution in [0.4, 0.5) is 0 Å². The maximum Gasteiger partial charge on any atom is 0.0813 e. The summed E-state index contributed by atoms with van der Waals surface area (Å²) in [7, 11) is 0. The summed E-state index contributed by atoms with van der Waals surface area (Å²) in [5.41, 5.74) is 2.34. The summed E-state index contributed by atoms with van der Waals surface area (Å²) in [5.74, 6) is 1.76. The fraction of sp³-hybridized carbons (Fsp3) is 0.667. The number of aliphatic hydroxyl groups is 1. The third-order valence-corrected chi connectivity index (χ3v) is 5.54. The number of nitrogens with one attached hydrogen (secondary N) is 1. The molecular formula is C18H30N2OS. The molecular weight excluding hydrogens is 292 g/mol. The molecule has 1 aromatic carbocycles. The lowest BCUT2D eigenvalue weighted by molar-refractivity contribution is 0.134. The maximum absolute atomic E-state index is 10.7. The lowest BCUT2D eigenvalue weighted by Gasteiger charge is -2.28. The SMILES string of the molecule is Cc1ccc(SCC(C)C)c(C(O)CCN2CCNCC2)c1. The number of rotatable bonds is 7. The largest absolute Gasteiger partial charge is 0.388 e. The summed E-state index contributed by atoms with van der Waals surface area (Å²) in [6.07, 6.45) is 0.461. The molecule has 0 saturated carbocycles. The third-order valence-electron chi connectivity index (χ3n) is 4.02. The van der Waals surface area contributed by atoms with E-state index < -0.39 is 0 Å². The quantitative estimate of drug-likeness (QED) is 0.756. The van der Waals surface area contributed by atoms with Crippen molar-refractivity contribution in [3.63, 3.8) is 0 Å². The first kappa shape index (κ1) is 17.8. The summed E-state index contributed by atoms with van der Waals surface area (Å²) >= 11 is 1.87. The van der Waals surface area contributed by atoms with Crippen molar-refractivity contribution in [2.24, 2.45) is 5.92 Å². The number of thioether (sulfide) groups is 1. The van der Waals surface area contributed by atoms with E-state index in [4.69, 9.17) is 0 Å².